The molecule has 2 rings (SSSR count). The Morgan fingerprint density at radius 2 is 1.63 bits per heavy atom. The third kappa shape index (κ3) is 3.50. The van der Waals surface area contributed by atoms with E-state index in [1.807, 2.05) is 24.3 Å². The van der Waals surface area contributed by atoms with Crippen LogP contribution in [-0.2, 0) is 6.54 Å². The van der Waals surface area contributed by atoms with Crippen LogP contribution in [-0.4, -0.2) is 0 Å². The maximum Gasteiger partial charge on any atom is 0.0835 e. The Labute approximate surface area is 139 Å². The quantitative estimate of drug-likeness (QED) is 0.568. The molecule has 0 spiro atoms. The predicted octanol–water partition coefficient (Wildman–Crippen LogP) is 6.67. The van der Waals surface area contributed by atoms with Crippen LogP contribution in [0.2, 0.25) is 20.1 Å². The molecule has 0 saturated heterocycles. The number of anilines is 1. The Morgan fingerprint density at radius 1 is 0.895 bits per heavy atom. The molecule has 0 bridgehead atoms. The second kappa shape index (κ2) is 6.55. The molecule has 0 fully saturated rings. The van der Waals surface area contributed by atoms with E-state index in [2.05, 4.69) is 21.2 Å². The lowest BCUT2D eigenvalue weighted by Gasteiger charge is -2.11. The van der Waals surface area contributed by atoms with Gasteiger partial charge in [0.05, 0.1) is 25.8 Å². The first-order chi connectivity index (χ1) is 9.00. The molecule has 0 radical (unpaired) electrons. The van der Waals surface area contributed by atoms with Crippen LogP contribution >= 0.6 is 62.3 Å². The van der Waals surface area contributed by atoms with Gasteiger partial charge in [-0.3, -0.25) is 0 Å². The average molecular weight is 400 g/mol. The fourth-order valence-corrected chi connectivity index (χ4v) is 2.77. The summed E-state index contributed by atoms with van der Waals surface area (Å²) in [6.07, 6.45) is 0. The number of nitrogens with one attached hydrogen (secondary N) is 1. The third-order valence-electron chi connectivity index (χ3n) is 2.54. The van der Waals surface area contributed by atoms with Crippen molar-refractivity contribution in [2.24, 2.45) is 0 Å². The van der Waals surface area contributed by atoms with Crippen LogP contribution in [0.15, 0.2) is 34.8 Å². The molecule has 0 aliphatic heterocycles. The van der Waals surface area contributed by atoms with Gasteiger partial charge in [0.15, 0.2) is 0 Å². The smallest absolute Gasteiger partial charge is 0.0835 e. The van der Waals surface area contributed by atoms with Crippen molar-refractivity contribution in [3.05, 3.63) is 60.5 Å². The highest BCUT2D eigenvalue weighted by atomic mass is 79.9. The molecular formula is C13H8BrCl4N. The number of benzene rings is 2. The molecule has 0 aliphatic carbocycles. The summed E-state index contributed by atoms with van der Waals surface area (Å²) >= 11 is 27.6. The number of rotatable bonds is 3. The van der Waals surface area contributed by atoms with E-state index in [1.54, 1.807) is 6.07 Å². The minimum Gasteiger partial charge on any atom is -0.380 e. The van der Waals surface area contributed by atoms with Gasteiger partial charge in [0.1, 0.15) is 0 Å². The first kappa shape index (κ1) is 15.3. The van der Waals surface area contributed by atoms with Crippen molar-refractivity contribution >= 4 is 68.0 Å². The number of hydrogen-bond donors (Lipinski definition) is 1. The largest absolute Gasteiger partial charge is 0.380 e. The summed E-state index contributed by atoms with van der Waals surface area (Å²) in [6, 6.07) is 9.17. The van der Waals surface area contributed by atoms with Gasteiger partial charge in [-0.1, -0.05) is 58.5 Å². The summed E-state index contributed by atoms with van der Waals surface area (Å²) in [5, 5.41) is 5.19. The summed E-state index contributed by atoms with van der Waals surface area (Å²) in [6.45, 7) is 0.511. The summed E-state index contributed by atoms with van der Waals surface area (Å²) in [7, 11) is 0. The first-order valence-electron chi connectivity index (χ1n) is 5.31. The molecule has 0 aromatic heterocycles. The van der Waals surface area contributed by atoms with Gasteiger partial charge in [-0.05, 0) is 39.7 Å². The summed E-state index contributed by atoms with van der Waals surface area (Å²) in [4.78, 5) is 0. The molecule has 0 amide bonds. The Bertz CT molecular complexity index is 616. The van der Waals surface area contributed by atoms with Crippen LogP contribution in [0, 0.1) is 0 Å². The van der Waals surface area contributed by atoms with Crippen molar-refractivity contribution in [2.45, 2.75) is 6.54 Å². The second-order valence-electron chi connectivity index (χ2n) is 3.79. The molecule has 0 atom stereocenters. The lowest BCUT2D eigenvalue weighted by Crippen LogP contribution is -2.01. The molecular weight excluding hydrogens is 392 g/mol. The molecule has 6 heteroatoms. The van der Waals surface area contributed by atoms with Crippen LogP contribution in [0.5, 0.6) is 0 Å². The monoisotopic (exact) mass is 397 g/mol. The summed E-state index contributed by atoms with van der Waals surface area (Å²) in [5.74, 6) is 0. The Morgan fingerprint density at radius 3 is 2.37 bits per heavy atom. The fourth-order valence-electron chi connectivity index (χ4n) is 1.54. The standard InChI is InChI=1S/C13H8BrCl4N/c14-8-4-5-10(13(18)12(8)17)19-6-7-2-1-3-9(15)11(7)16/h1-5,19H,6H2. The lowest BCUT2D eigenvalue weighted by molar-refractivity contribution is 1.15. The van der Waals surface area contributed by atoms with Crippen molar-refractivity contribution in [2.75, 3.05) is 5.32 Å². The van der Waals surface area contributed by atoms with Crippen molar-refractivity contribution < 1.29 is 0 Å². The van der Waals surface area contributed by atoms with Crippen LogP contribution in [0.4, 0.5) is 5.69 Å². The van der Waals surface area contributed by atoms with E-state index >= 15 is 0 Å². The van der Waals surface area contributed by atoms with Gasteiger partial charge < -0.3 is 5.32 Å². The molecule has 0 unspecified atom stereocenters. The van der Waals surface area contributed by atoms with E-state index in [0.717, 1.165) is 15.7 Å². The Balaban J connectivity index is 2.20. The first-order valence-corrected chi connectivity index (χ1v) is 7.61. The van der Waals surface area contributed by atoms with Crippen LogP contribution < -0.4 is 5.32 Å². The number of hydrogen-bond acceptors (Lipinski definition) is 1. The second-order valence-corrected chi connectivity index (χ2v) is 6.18. The number of halogens is 5. The van der Waals surface area contributed by atoms with Gasteiger partial charge in [-0.2, -0.15) is 0 Å². The Kier molecular flexibility index (Phi) is 5.27. The van der Waals surface area contributed by atoms with Crippen molar-refractivity contribution in [1.29, 1.82) is 0 Å². The molecule has 100 valence electrons. The molecule has 0 saturated carbocycles. The topological polar surface area (TPSA) is 12.0 Å². The van der Waals surface area contributed by atoms with Gasteiger partial charge >= 0.3 is 0 Å². The van der Waals surface area contributed by atoms with E-state index in [0.29, 0.717) is 26.6 Å². The fraction of sp³-hybridized carbons (Fsp3) is 0.0769. The maximum atomic E-state index is 6.15. The zero-order valence-electron chi connectivity index (χ0n) is 9.48. The van der Waals surface area contributed by atoms with Gasteiger partial charge in [0.25, 0.3) is 0 Å². The van der Waals surface area contributed by atoms with E-state index in [9.17, 15) is 0 Å². The highest BCUT2D eigenvalue weighted by Gasteiger charge is 2.09. The van der Waals surface area contributed by atoms with Gasteiger partial charge in [0.2, 0.25) is 0 Å². The third-order valence-corrected chi connectivity index (χ3v) is 5.17. The molecule has 1 N–H and O–H groups in total. The van der Waals surface area contributed by atoms with Crippen LogP contribution in [0.3, 0.4) is 0 Å². The lowest BCUT2D eigenvalue weighted by atomic mass is 10.2. The van der Waals surface area contributed by atoms with Gasteiger partial charge in [-0.25, -0.2) is 0 Å². The minimum absolute atomic E-state index is 0.467. The molecule has 19 heavy (non-hydrogen) atoms. The maximum absolute atomic E-state index is 6.15. The average Bonchev–Trinajstić information content (AvgIpc) is 2.40. The SMILES string of the molecule is Clc1cccc(CNc2ccc(Br)c(Cl)c2Cl)c1Cl. The van der Waals surface area contributed by atoms with E-state index in [4.69, 9.17) is 46.4 Å². The van der Waals surface area contributed by atoms with Crippen molar-refractivity contribution in [1.82, 2.24) is 0 Å². The van der Waals surface area contributed by atoms with E-state index in [1.165, 1.54) is 0 Å². The zero-order chi connectivity index (χ0) is 14.0. The summed E-state index contributed by atoms with van der Waals surface area (Å²) in [5.41, 5.74) is 1.63. The van der Waals surface area contributed by atoms with Crippen molar-refractivity contribution in [3.63, 3.8) is 0 Å². The Hall–Kier alpha value is -0.120. The molecule has 0 heterocycles. The molecule has 1 nitrogen and oxygen atoms in total. The van der Waals surface area contributed by atoms with Gasteiger partial charge in [0, 0.05) is 11.0 Å². The van der Waals surface area contributed by atoms with E-state index < -0.39 is 0 Å². The molecule has 0 aliphatic rings. The van der Waals surface area contributed by atoms with Gasteiger partial charge in [-0.15, -0.1) is 0 Å². The summed E-state index contributed by atoms with van der Waals surface area (Å²) < 4.78 is 0.755. The highest BCUT2D eigenvalue weighted by molar-refractivity contribution is 9.10. The molecule has 2 aromatic rings. The predicted molar refractivity (Wildman–Crippen MR) is 88.0 cm³/mol. The molecule has 2 aromatic carbocycles. The highest BCUT2D eigenvalue weighted by Crippen LogP contribution is 2.36. The zero-order valence-corrected chi connectivity index (χ0v) is 14.1. The van der Waals surface area contributed by atoms with E-state index in [-0.39, 0.29) is 0 Å². The van der Waals surface area contributed by atoms with Crippen LogP contribution in [0.1, 0.15) is 5.56 Å². The normalized spacial score (nSPS) is 10.6. The van der Waals surface area contributed by atoms with Crippen molar-refractivity contribution in [3.8, 4) is 0 Å². The van der Waals surface area contributed by atoms with Crippen LogP contribution in [0.25, 0.3) is 0 Å². The minimum atomic E-state index is 0.467.